The Hall–Kier alpha value is -2.26. The van der Waals surface area contributed by atoms with Crippen LogP contribution in [0.5, 0.6) is 5.75 Å². The lowest BCUT2D eigenvalue weighted by molar-refractivity contribution is -0.0497. The van der Waals surface area contributed by atoms with Gasteiger partial charge in [0, 0.05) is 11.8 Å². The van der Waals surface area contributed by atoms with Gasteiger partial charge < -0.3 is 10.1 Å². The lowest BCUT2D eigenvalue weighted by atomic mass is 10.3. The minimum absolute atomic E-state index is 0.0591. The molecule has 0 spiro atoms. The highest BCUT2D eigenvalue weighted by atomic mass is 35.5. The summed E-state index contributed by atoms with van der Waals surface area (Å²) in [5, 5.41) is 8.11. The number of aromatic nitrogens is 3. The molecule has 0 aliphatic heterocycles. The van der Waals surface area contributed by atoms with Gasteiger partial charge in [-0.1, -0.05) is 29.9 Å². The summed E-state index contributed by atoms with van der Waals surface area (Å²) in [4.78, 5) is 17.0. The van der Waals surface area contributed by atoms with E-state index in [2.05, 4.69) is 20.1 Å². The summed E-state index contributed by atoms with van der Waals surface area (Å²) >= 11 is 7.27. The number of aryl methyl sites for hydroxylation is 1. The molecule has 25 heavy (non-hydrogen) atoms. The number of anilines is 1. The van der Waals surface area contributed by atoms with Crippen LogP contribution in [0.15, 0.2) is 29.1 Å². The maximum atomic E-state index is 12.2. The topological polar surface area (TPSA) is 68.5 Å². The van der Waals surface area contributed by atoms with Gasteiger partial charge in [0.05, 0.1) is 17.3 Å². The maximum absolute atomic E-state index is 12.2. The van der Waals surface area contributed by atoms with Crippen LogP contribution in [0.4, 0.5) is 14.5 Å². The normalized spacial score (nSPS) is 11.2. The molecule has 3 rings (SSSR count). The van der Waals surface area contributed by atoms with E-state index in [1.165, 1.54) is 34.1 Å². The number of fused-ring (bicyclic) bond motifs is 1. The van der Waals surface area contributed by atoms with Crippen LogP contribution in [-0.4, -0.2) is 21.2 Å². The van der Waals surface area contributed by atoms with E-state index >= 15 is 0 Å². The summed E-state index contributed by atoms with van der Waals surface area (Å²) < 4.78 is 30.0. The van der Waals surface area contributed by atoms with Crippen LogP contribution in [0.3, 0.4) is 0 Å². The summed E-state index contributed by atoms with van der Waals surface area (Å²) in [6.07, 6.45) is 0.729. The Kier molecular flexibility index (Phi) is 5.14. The fourth-order valence-electron chi connectivity index (χ4n) is 2.12. The molecule has 2 aromatic heterocycles. The van der Waals surface area contributed by atoms with Crippen molar-refractivity contribution in [2.24, 2.45) is 0 Å². The molecular weight excluding hydrogens is 374 g/mol. The van der Waals surface area contributed by atoms with Gasteiger partial charge in [0.15, 0.2) is 0 Å². The highest BCUT2D eigenvalue weighted by Crippen LogP contribution is 2.29. The molecule has 6 nitrogen and oxygen atoms in total. The number of alkyl halides is 2. The second kappa shape index (κ2) is 7.32. The molecule has 0 amide bonds. The van der Waals surface area contributed by atoms with E-state index in [9.17, 15) is 13.6 Å². The largest absolute Gasteiger partial charge is 0.433 e. The van der Waals surface area contributed by atoms with Crippen LogP contribution < -0.4 is 15.6 Å². The van der Waals surface area contributed by atoms with Crippen LogP contribution in [-0.2, 0) is 13.0 Å². The standard InChI is InChI=1S/C15H13ClF2N4O2S/c1-2-12-21-22-13(23)6-9(20-15(22)25-12)7-19-8-3-4-11(10(16)5-8)24-14(17)18/h3-6,14,19H,2,7H2,1H3. The summed E-state index contributed by atoms with van der Waals surface area (Å²) in [5.74, 6) is -0.100. The average Bonchev–Trinajstić information content (AvgIpc) is 2.99. The van der Waals surface area contributed by atoms with E-state index in [0.717, 1.165) is 11.4 Å². The molecule has 132 valence electrons. The minimum atomic E-state index is -2.94. The van der Waals surface area contributed by atoms with Crippen molar-refractivity contribution in [2.45, 2.75) is 26.5 Å². The molecule has 1 aromatic carbocycles. The molecule has 0 saturated heterocycles. The fraction of sp³-hybridized carbons (Fsp3) is 0.267. The maximum Gasteiger partial charge on any atom is 0.387 e. The third kappa shape index (κ3) is 4.05. The van der Waals surface area contributed by atoms with Gasteiger partial charge in [0.25, 0.3) is 5.56 Å². The van der Waals surface area contributed by atoms with E-state index in [1.807, 2.05) is 6.92 Å². The number of benzene rings is 1. The van der Waals surface area contributed by atoms with Crippen molar-refractivity contribution in [2.75, 3.05) is 5.32 Å². The molecule has 0 unspecified atom stereocenters. The third-order valence-corrected chi connectivity index (χ3v) is 4.61. The number of hydrogen-bond acceptors (Lipinski definition) is 6. The Morgan fingerprint density at radius 3 is 2.88 bits per heavy atom. The first-order valence-electron chi connectivity index (χ1n) is 7.33. The van der Waals surface area contributed by atoms with Crippen molar-refractivity contribution in [1.82, 2.24) is 14.6 Å². The molecule has 0 saturated carbocycles. The van der Waals surface area contributed by atoms with Crippen LogP contribution >= 0.6 is 22.9 Å². The quantitative estimate of drug-likeness (QED) is 0.701. The number of hydrogen-bond donors (Lipinski definition) is 1. The molecule has 0 bridgehead atoms. The Morgan fingerprint density at radius 2 is 2.20 bits per heavy atom. The highest BCUT2D eigenvalue weighted by Gasteiger charge is 2.10. The lowest BCUT2D eigenvalue weighted by Crippen LogP contribution is -2.16. The first-order valence-corrected chi connectivity index (χ1v) is 8.52. The van der Waals surface area contributed by atoms with Gasteiger partial charge >= 0.3 is 6.61 Å². The number of halogens is 3. The van der Waals surface area contributed by atoms with Crippen molar-refractivity contribution in [3.8, 4) is 5.75 Å². The summed E-state index contributed by atoms with van der Waals surface area (Å²) in [7, 11) is 0. The molecule has 3 aromatic rings. The van der Waals surface area contributed by atoms with Crippen molar-refractivity contribution >= 4 is 33.6 Å². The first kappa shape index (κ1) is 17.6. The van der Waals surface area contributed by atoms with Crippen molar-refractivity contribution in [1.29, 1.82) is 0 Å². The summed E-state index contributed by atoms with van der Waals surface area (Å²) in [6, 6.07) is 5.76. The predicted molar refractivity (Wildman–Crippen MR) is 91.9 cm³/mol. The van der Waals surface area contributed by atoms with Crippen molar-refractivity contribution < 1.29 is 13.5 Å². The van der Waals surface area contributed by atoms with Gasteiger partial charge in [-0.3, -0.25) is 4.79 Å². The number of rotatable bonds is 6. The third-order valence-electron chi connectivity index (χ3n) is 3.26. The first-order chi connectivity index (χ1) is 12.0. The lowest BCUT2D eigenvalue weighted by Gasteiger charge is -2.10. The second-order valence-electron chi connectivity index (χ2n) is 5.01. The SMILES string of the molecule is CCc1nn2c(=O)cc(CNc3ccc(OC(F)F)c(Cl)c3)nc2s1. The Bertz CT molecular complexity index is 960. The van der Waals surface area contributed by atoms with Crippen LogP contribution in [0.25, 0.3) is 4.96 Å². The second-order valence-corrected chi connectivity index (χ2v) is 6.45. The number of ether oxygens (including phenoxy) is 1. The molecule has 0 aliphatic rings. The monoisotopic (exact) mass is 386 g/mol. The van der Waals surface area contributed by atoms with Crippen molar-refractivity contribution in [3.63, 3.8) is 0 Å². The average molecular weight is 387 g/mol. The zero-order valence-electron chi connectivity index (χ0n) is 13.0. The smallest absolute Gasteiger partial charge is 0.387 e. The zero-order valence-corrected chi connectivity index (χ0v) is 14.6. The van der Waals surface area contributed by atoms with E-state index < -0.39 is 6.61 Å². The van der Waals surface area contributed by atoms with Gasteiger partial charge in [-0.2, -0.15) is 18.4 Å². The molecule has 0 radical (unpaired) electrons. The Morgan fingerprint density at radius 1 is 1.40 bits per heavy atom. The molecule has 10 heteroatoms. The van der Waals surface area contributed by atoms with Gasteiger partial charge in [-0.05, 0) is 24.6 Å². The van der Waals surface area contributed by atoms with Crippen LogP contribution in [0, 0.1) is 0 Å². The summed E-state index contributed by atoms with van der Waals surface area (Å²) in [5.41, 5.74) is 0.879. The molecule has 0 fully saturated rings. The summed E-state index contributed by atoms with van der Waals surface area (Å²) in [6.45, 7) is -0.708. The number of nitrogens with one attached hydrogen (secondary N) is 1. The van der Waals surface area contributed by atoms with E-state index in [4.69, 9.17) is 11.6 Å². The molecule has 1 N–H and O–H groups in total. The van der Waals surface area contributed by atoms with E-state index in [-0.39, 0.29) is 22.9 Å². The van der Waals surface area contributed by atoms with Crippen molar-refractivity contribution in [3.05, 3.63) is 50.3 Å². The molecule has 0 atom stereocenters. The molecular formula is C15H13ClF2N4O2S. The van der Waals surface area contributed by atoms with Gasteiger partial charge in [0.2, 0.25) is 4.96 Å². The zero-order chi connectivity index (χ0) is 18.0. The van der Waals surface area contributed by atoms with Crippen LogP contribution in [0.2, 0.25) is 5.02 Å². The van der Waals surface area contributed by atoms with Crippen LogP contribution in [0.1, 0.15) is 17.6 Å². The highest BCUT2D eigenvalue weighted by molar-refractivity contribution is 7.16. The molecule has 0 aliphatic carbocycles. The minimum Gasteiger partial charge on any atom is -0.433 e. The fourth-order valence-corrected chi connectivity index (χ4v) is 3.21. The van der Waals surface area contributed by atoms with E-state index in [0.29, 0.717) is 16.3 Å². The van der Waals surface area contributed by atoms with Gasteiger partial charge in [0.1, 0.15) is 10.8 Å². The van der Waals surface area contributed by atoms with E-state index in [1.54, 1.807) is 6.07 Å². The predicted octanol–water partition coefficient (Wildman–Crippen LogP) is 3.58. The Balaban J connectivity index is 1.76. The van der Waals surface area contributed by atoms with Gasteiger partial charge in [-0.15, -0.1) is 0 Å². The van der Waals surface area contributed by atoms with Gasteiger partial charge in [-0.25, -0.2) is 4.98 Å². The number of nitrogens with zero attached hydrogens (tertiary/aromatic N) is 3. The molecule has 2 heterocycles. The Labute approximate surface area is 150 Å².